The monoisotopic (exact) mass is 573 g/mol. The minimum Gasteiger partial charge on any atom is -0.508 e. The summed E-state index contributed by atoms with van der Waals surface area (Å²) in [6.45, 7) is 1.85. The fraction of sp³-hybridized carbons (Fsp3) is 0.226. The minimum atomic E-state index is -0.0622. The summed E-state index contributed by atoms with van der Waals surface area (Å²) in [5, 5.41) is 12.4. The highest BCUT2D eigenvalue weighted by atomic mass is 35.5. The number of aromatic nitrogens is 3. The standard InChI is InChI=1S/C31H29Cl2N5O2/c1-36(2)23-12-13-37(17-23)31(40)29-27(25-11-10-22(33)15-26(25)35-29)30-28(20-4-3-5-24(39)14-20)34-18-38(30)16-19-6-8-21(32)9-7-19/h3-11,14-15,18,23,35,39H,12-13,16-17H2,1-2H3. The molecule has 0 bridgehead atoms. The van der Waals surface area contributed by atoms with Gasteiger partial charge in [-0.2, -0.15) is 0 Å². The molecule has 1 aliphatic rings. The van der Waals surface area contributed by atoms with Crippen LogP contribution < -0.4 is 0 Å². The number of fused-ring (bicyclic) bond motifs is 1. The van der Waals surface area contributed by atoms with Crippen molar-refractivity contribution in [1.29, 1.82) is 0 Å². The van der Waals surface area contributed by atoms with Gasteiger partial charge < -0.3 is 24.5 Å². The average Bonchev–Trinajstić information content (AvgIpc) is 3.66. The first-order valence-corrected chi connectivity index (χ1v) is 13.9. The van der Waals surface area contributed by atoms with E-state index in [1.54, 1.807) is 24.5 Å². The molecular formula is C31H29Cl2N5O2. The minimum absolute atomic E-state index is 0.0622. The molecule has 3 aromatic carbocycles. The van der Waals surface area contributed by atoms with E-state index in [0.717, 1.165) is 39.7 Å². The molecule has 1 amide bonds. The van der Waals surface area contributed by atoms with Gasteiger partial charge in [0.05, 0.1) is 17.7 Å². The van der Waals surface area contributed by atoms with E-state index >= 15 is 0 Å². The number of benzene rings is 3. The van der Waals surface area contributed by atoms with E-state index in [4.69, 9.17) is 28.2 Å². The molecule has 2 N–H and O–H groups in total. The lowest BCUT2D eigenvalue weighted by atomic mass is 10.0. The zero-order valence-electron chi connectivity index (χ0n) is 22.2. The second kappa shape index (κ2) is 10.7. The van der Waals surface area contributed by atoms with E-state index in [1.165, 1.54) is 0 Å². The van der Waals surface area contributed by atoms with Gasteiger partial charge in [0.1, 0.15) is 11.4 Å². The number of amides is 1. The molecule has 2 aromatic heterocycles. The summed E-state index contributed by atoms with van der Waals surface area (Å²) in [5.41, 5.74) is 5.26. The number of aromatic hydroxyl groups is 1. The van der Waals surface area contributed by atoms with Crippen LogP contribution in [0, 0.1) is 0 Å². The summed E-state index contributed by atoms with van der Waals surface area (Å²) in [7, 11) is 4.10. The number of phenolic OH excluding ortho intramolecular Hbond substituents is 1. The Morgan fingerprint density at radius 3 is 2.58 bits per heavy atom. The topological polar surface area (TPSA) is 77.4 Å². The van der Waals surface area contributed by atoms with E-state index in [2.05, 4.69) is 9.88 Å². The first-order chi connectivity index (χ1) is 19.3. The molecule has 1 unspecified atom stereocenters. The molecule has 7 nitrogen and oxygen atoms in total. The summed E-state index contributed by atoms with van der Waals surface area (Å²) in [6, 6.07) is 20.6. The summed E-state index contributed by atoms with van der Waals surface area (Å²) >= 11 is 12.5. The van der Waals surface area contributed by atoms with Gasteiger partial charge in [0.2, 0.25) is 0 Å². The Labute approximate surface area is 242 Å². The summed E-state index contributed by atoms with van der Waals surface area (Å²) in [5.74, 6) is 0.0808. The summed E-state index contributed by atoms with van der Waals surface area (Å²) in [6.07, 6.45) is 2.70. The first-order valence-electron chi connectivity index (χ1n) is 13.1. The van der Waals surface area contributed by atoms with Crippen LogP contribution in [0.25, 0.3) is 33.4 Å². The van der Waals surface area contributed by atoms with Crippen LogP contribution in [0.2, 0.25) is 10.0 Å². The van der Waals surface area contributed by atoms with Crippen LogP contribution in [0.3, 0.4) is 0 Å². The maximum atomic E-state index is 14.2. The van der Waals surface area contributed by atoms with Crippen LogP contribution in [-0.4, -0.2) is 68.6 Å². The number of carbonyl (C=O) groups is 1. The second-order valence-electron chi connectivity index (χ2n) is 10.5. The highest BCUT2D eigenvalue weighted by Gasteiger charge is 2.33. The number of halogens is 2. The molecule has 0 aliphatic carbocycles. The van der Waals surface area contributed by atoms with Gasteiger partial charge in [-0.1, -0.05) is 53.5 Å². The number of aromatic amines is 1. The van der Waals surface area contributed by atoms with Gasteiger partial charge >= 0.3 is 0 Å². The Morgan fingerprint density at radius 1 is 1.07 bits per heavy atom. The van der Waals surface area contributed by atoms with Crippen molar-refractivity contribution < 1.29 is 9.90 Å². The third-order valence-corrected chi connectivity index (χ3v) is 8.10. The number of imidazole rings is 1. The predicted octanol–water partition coefficient (Wildman–Crippen LogP) is 6.54. The number of phenols is 1. The molecule has 204 valence electrons. The van der Waals surface area contributed by atoms with Gasteiger partial charge in [0, 0.05) is 57.8 Å². The van der Waals surface area contributed by atoms with E-state index < -0.39 is 0 Å². The molecule has 6 rings (SSSR count). The Balaban J connectivity index is 1.56. The van der Waals surface area contributed by atoms with Crippen molar-refractivity contribution in [2.75, 3.05) is 27.2 Å². The van der Waals surface area contributed by atoms with Crippen LogP contribution in [-0.2, 0) is 6.54 Å². The van der Waals surface area contributed by atoms with Gasteiger partial charge in [-0.15, -0.1) is 0 Å². The number of nitrogens with one attached hydrogen (secondary N) is 1. The number of likely N-dealkylation sites (tertiary alicyclic amines) is 1. The number of nitrogens with zero attached hydrogens (tertiary/aromatic N) is 4. The van der Waals surface area contributed by atoms with Crippen molar-refractivity contribution in [2.45, 2.75) is 19.0 Å². The van der Waals surface area contributed by atoms with Gasteiger partial charge in [0.15, 0.2) is 0 Å². The molecule has 1 atom stereocenters. The number of carbonyl (C=O) groups excluding carboxylic acids is 1. The molecule has 1 fully saturated rings. The Morgan fingerprint density at radius 2 is 1.85 bits per heavy atom. The van der Waals surface area contributed by atoms with Crippen LogP contribution in [0.4, 0.5) is 0 Å². The van der Waals surface area contributed by atoms with E-state index in [0.29, 0.717) is 47.1 Å². The molecule has 40 heavy (non-hydrogen) atoms. The zero-order valence-corrected chi connectivity index (χ0v) is 23.7. The van der Waals surface area contributed by atoms with Gasteiger partial charge in [-0.25, -0.2) is 4.98 Å². The summed E-state index contributed by atoms with van der Waals surface area (Å²) < 4.78 is 2.04. The van der Waals surface area contributed by atoms with E-state index in [-0.39, 0.29) is 11.7 Å². The Hall–Kier alpha value is -3.78. The number of likely N-dealkylation sites (N-methyl/N-ethyl adjacent to an activating group) is 1. The number of hydrogen-bond acceptors (Lipinski definition) is 4. The third kappa shape index (κ3) is 4.96. The average molecular weight is 575 g/mol. The molecule has 0 saturated carbocycles. The second-order valence-corrected chi connectivity index (χ2v) is 11.3. The van der Waals surface area contributed by atoms with E-state index in [9.17, 15) is 9.90 Å². The lowest BCUT2D eigenvalue weighted by molar-refractivity contribution is 0.0779. The van der Waals surface area contributed by atoms with Crippen molar-refractivity contribution in [3.63, 3.8) is 0 Å². The van der Waals surface area contributed by atoms with Crippen LogP contribution >= 0.6 is 23.2 Å². The fourth-order valence-electron chi connectivity index (χ4n) is 5.50. The van der Waals surface area contributed by atoms with Crippen molar-refractivity contribution >= 4 is 40.0 Å². The normalized spacial score (nSPS) is 15.4. The smallest absolute Gasteiger partial charge is 0.271 e. The largest absolute Gasteiger partial charge is 0.508 e. The number of rotatable bonds is 6. The molecule has 0 radical (unpaired) electrons. The molecule has 0 spiro atoms. The molecule has 1 aliphatic heterocycles. The molecule has 1 saturated heterocycles. The summed E-state index contributed by atoms with van der Waals surface area (Å²) in [4.78, 5) is 26.4. The van der Waals surface area contributed by atoms with E-state index in [1.807, 2.05) is 72.1 Å². The lowest BCUT2D eigenvalue weighted by Gasteiger charge is -2.21. The quantitative estimate of drug-likeness (QED) is 0.242. The highest BCUT2D eigenvalue weighted by molar-refractivity contribution is 6.31. The predicted molar refractivity (Wildman–Crippen MR) is 160 cm³/mol. The molecule has 9 heteroatoms. The van der Waals surface area contributed by atoms with Gasteiger partial charge in [0.25, 0.3) is 5.91 Å². The van der Waals surface area contributed by atoms with Crippen molar-refractivity contribution in [3.05, 3.63) is 94.4 Å². The number of hydrogen-bond donors (Lipinski definition) is 2. The lowest BCUT2D eigenvalue weighted by Crippen LogP contribution is -2.34. The molecular weight excluding hydrogens is 545 g/mol. The Kier molecular flexibility index (Phi) is 7.04. The van der Waals surface area contributed by atoms with Crippen LogP contribution in [0.5, 0.6) is 5.75 Å². The van der Waals surface area contributed by atoms with Crippen LogP contribution in [0.15, 0.2) is 73.1 Å². The highest BCUT2D eigenvalue weighted by Crippen LogP contribution is 2.40. The van der Waals surface area contributed by atoms with Crippen molar-refractivity contribution in [3.8, 4) is 28.3 Å². The molecule has 5 aromatic rings. The van der Waals surface area contributed by atoms with Crippen LogP contribution in [0.1, 0.15) is 22.5 Å². The third-order valence-electron chi connectivity index (χ3n) is 7.62. The van der Waals surface area contributed by atoms with Gasteiger partial charge in [-0.05, 0) is 62.5 Å². The van der Waals surface area contributed by atoms with Crippen molar-refractivity contribution in [1.82, 2.24) is 24.3 Å². The zero-order chi connectivity index (χ0) is 28.0. The van der Waals surface area contributed by atoms with Crippen molar-refractivity contribution in [2.24, 2.45) is 0 Å². The first kappa shape index (κ1) is 26.4. The SMILES string of the molecule is CN(C)C1CCN(C(=O)c2[nH]c3cc(Cl)ccc3c2-c2c(-c3cccc(O)c3)ncn2Cc2ccc(Cl)cc2)C1. The van der Waals surface area contributed by atoms with Gasteiger partial charge in [-0.3, -0.25) is 4.79 Å². The maximum absolute atomic E-state index is 14.2. The Bertz CT molecular complexity index is 1710. The molecule has 3 heterocycles. The fourth-order valence-corrected chi connectivity index (χ4v) is 5.80. The number of H-pyrrole nitrogens is 1. The maximum Gasteiger partial charge on any atom is 0.271 e.